The molecule has 5 nitrogen and oxygen atoms in total. The zero-order valence-electron chi connectivity index (χ0n) is 11.2. The molecule has 18 heavy (non-hydrogen) atoms. The maximum Gasteiger partial charge on any atom is 0.325 e. The van der Waals surface area contributed by atoms with Gasteiger partial charge in [-0.3, -0.25) is 4.79 Å². The Hall–Kier alpha value is -1.30. The van der Waals surface area contributed by atoms with E-state index in [1.165, 1.54) is 6.33 Å². The third-order valence-electron chi connectivity index (χ3n) is 2.36. The summed E-state index contributed by atoms with van der Waals surface area (Å²) in [5, 5.41) is 0.884. The molecule has 6 heteroatoms. The van der Waals surface area contributed by atoms with Gasteiger partial charge in [-0.1, -0.05) is 0 Å². The minimum absolute atomic E-state index is 0.166. The van der Waals surface area contributed by atoms with Gasteiger partial charge in [0.1, 0.15) is 23.7 Å². The normalized spacial score (nSPS) is 10.5. The van der Waals surface area contributed by atoms with E-state index < -0.39 is 0 Å². The summed E-state index contributed by atoms with van der Waals surface area (Å²) in [7, 11) is 0. The molecule has 0 amide bonds. The molecule has 0 bridgehead atoms. The molecule has 1 aromatic rings. The first kappa shape index (κ1) is 14.8. The molecule has 100 valence electrons. The quantitative estimate of drug-likeness (QED) is 0.447. The number of hydrogen-bond donors (Lipinski definition) is 0. The van der Waals surface area contributed by atoms with E-state index in [1.807, 2.05) is 31.1 Å². The van der Waals surface area contributed by atoms with Gasteiger partial charge in [-0.15, -0.1) is 11.8 Å². The van der Waals surface area contributed by atoms with E-state index in [-0.39, 0.29) is 18.6 Å². The number of esters is 1. The first-order valence-electron chi connectivity index (χ1n) is 5.86. The second kappa shape index (κ2) is 7.20. The second-order valence-corrected chi connectivity index (χ2v) is 4.77. The topological polar surface area (TPSA) is 55.3 Å². The summed E-state index contributed by atoms with van der Waals surface area (Å²) < 4.78 is 4.97. The standard InChI is InChI=1S/C12H19N3O2S/c1-5-17-12(16)7-15(9(2)3)10-6-11(18-4)14-8-13-10/h6,8-9H,5,7H2,1-4H3. The van der Waals surface area contributed by atoms with Crippen molar-refractivity contribution in [2.45, 2.75) is 31.8 Å². The van der Waals surface area contributed by atoms with Crippen LogP contribution in [-0.4, -0.2) is 41.4 Å². The smallest absolute Gasteiger partial charge is 0.325 e. The summed E-state index contributed by atoms with van der Waals surface area (Å²) in [4.78, 5) is 21.8. The molecule has 0 atom stereocenters. The third-order valence-corrected chi connectivity index (χ3v) is 3.00. The van der Waals surface area contributed by atoms with Gasteiger partial charge >= 0.3 is 5.97 Å². The Morgan fingerprint density at radius 3 is 2.78 bits per heavy atom. The molecule has 0 unspecified atom stereocenters. The van der Waals surface area contributed by atoms with Crippen LogP contribution in [0.5, 0.6) is 0 Å². The van der Waals surface area contributed by atoms with Gasteiger partial charge < -0.3 is 9.64 Å². The lowest BCUT2D eigenvalue weighted by molar-refractivity contribution is -0.141. The maximum atomic E-state index is 11.6. The lowest BCUT2D eigenvalue weighted by Gasteiger charge is -2.26. The van der Waals surface area contributed by atoms with Gasteiger partial charge in [0, 0.05) is 12.1 Å². The SMILES string of the molecule is CCOC(=O)CN(c1cc(SC)ncn1)C(C)C. The molecule has 1 aromatic heterocycles. The van der Waals surface area contributed by atoms with E-state index >= 15 is 0 Å². The molecule has 0 saturated carbocycles. The van der Waals surface area contributed by atoms with Crippen molar-refractivity contribution in [2.75, 3.05) is 24.3 Å². The summed E-state index contributed by atoms with van der Waals surface area (Å²) in [6.45, 7) is 6.43. The predicted molar refractivity (Wildman–Crippen MR) is 72.9 cm³/mol. The van der Waals surface area contributed by atoms with E-state index in [0.29, 0.717) is 6.61 Å². The van der Waals surface area contributed by atoms with Crippen molar-refractivity contribution >= 4 is 23.5 Å². The number of rotatable bonds is 6. The Balaban J connectivity index is 2.86. The average molecular weight is 269 g/mol. The molecule has 0 spiro atoms. The Labute approximate surface area is 112 Å². The minimum Gasteiger partial charge on any atom is -0.465 e. The van der Waals surface area contributed by atoms with Crippen molar-refractivity contribution in [1.29, 1.82) is 0 Å². The Bertz CT molecular complexity index is 399. The summed E-state index contributed by atoms with van der Waals surface area (Å²) in [6, 6.07) is 2.04. The lowest BCUT2D eigenvalue weighted by Crippen LogP contribution is -2.37. The molecular formula is C12H19N3O2S. The Morgan fingerprint density at radius 1 is 1.50 bits per heavy atom. The van der Waals surface area contributed by atoms with E-state index in [1.54, 1.807) is 18.7 Å². The highest BCUT2D eigenvalue weighted by atomic mass is 32.2. The molecule has 0 aliphatic rings. The van der Waals surface area contributed by atoms with Gasteiger partial charge in [0.25, 0.3) is 0 Å². The van der Waals surface area contributed by atoms with Crippen molar-refractivity contribution in [3.63, 3.8) is 0 Å². The summed E-state index contributed by atoms with van der Waals surface area (Å²) in [6.07, 6.45) is 3.47. The van der Waals surface area contributed by atoms with Crippen LogP contribution < -0.4 is 4.90 Å². The van der Waals surface area contributed by atoms with Crippen LogP contribution >= 0.6 is 11.8 Å². The number of aromatic nitrogens is 2. The lowest BCUT2D eigenvalue weighted by atomic mass is 10.3. The number of carbonyl (C=O) groups is 1. The second-order valence-electron chi connectivity index (χ2n) is 3.95. The summed E-state index contributed by atoms with van der Waals surface area (Å²) in [5.41, 5.74) is 0. The van der Waals surface area contributed by atoms with Gasteiger partial charge in [-0.25, -0.2) is 9.97 Å². The van der Waals surface area contributed by atoms with Crippen molar-refractivity contribution in [2.24, 2.45) is 0 Å². The molecule has 1 heterocycles. The van der Waals surface area contributed by atoms with Crippen molar-refractivity contribution in [1.82, 2.24) is 9.97 Å². The molecule has 0 fully saturated rings. The molecule has 0 N–H and O–H groups in total. The van der Waals surface area contributed by atoms with Crippen LogP contribution in [0.1, 0.15) is 20.8 Å². The maximum absolute atomic E-state index is 11.6. The minimum atomic E-state index is -0.240. The largest absolute Gasteiger partial charge is 0.465 e. The van der Waals surface area contributed by atoms with Gasteiger partial charge in [-0.05, 0) is 27.0 Å². The van der Waals surface area contributed by atoms with E-state index in [4.69, 9.17) is 4.74 Å². The molecular weight excluding hydrogens is 250 g/mol. The van der Waals surface area contributed by atoms with Gasteiger partial charge in [0.15, 0.2) is 0 Å². The average Bonchev–Trinajstić information content (AvgIpc) is 2.36. The van der Waals surface area contributed by atoms with Crippen LogP contribution in [0, 0.1) is 0 Å². The first-order chi connectivity index (χ1) is 8.58. The number of ether oxygens (including phenoxy) is 1. The number of carbonyl (C=O) groups excluding carboxylic acids is 1. The van der Waals surface area contributed by atoms with Crippen LogP contribution in [0.25, 0.3) is 0 Å². The van der Waals surface area contributed by atoms with Crippen LogP contribution in [0.4, 0.5) is 5.82 Å². The summed E-state index contributed by atoms with van der Waals surface area (Å²) >= 11 is 1.55. The number of nitrogens with zero attached hydrogens (tertiary/aromatic N) is 3. The Morgan fingerprint density at radius 2 is 2.22 bits per heavy atom. The molecule has 0 aliphatic heterocycles. The molecule has 0 aliphatic carbocycles. The van der Waals surface area contributed by atoms with Gasteiger partial charge in [0.05, 0.1) is 6.61 Å². The van der Waals surface area contributed by atoms with Crippen LogP contribution in [-0.2, 0) is 9.53 Å². The molecule has 0 aromatic carbocycles. The van der Waals surface area contributed by atoms with Crippen LogP contribution in [0.15, 0.2) is 17.4 Å². The zero-order valence-corrected chi connectivity index (χ0v) is 12.0. The third kappa shape index (κ3) is 4.18. The monoisotopic (exact) mass is 269 g/mol. The van der Waals surface area contributed by atoms with E-state index in [9.17, 15) is 4.79 Å². The van der Waals surface area contributed by atoms with Gasteiger partial charge in [-0.2, -0.15) is 0 Å². The number of hydrogen-bond acceptors (Lipinski definition) is 6. The van der Waals surface area contributed by atoms with Gasteiger partial charge in [0.2, 0.25) is 0 Å². The van der Waals surface area contributed by atoms with E-state index in [0.717, 1.165) is 10.8 Å². The Kier molecular flexibility index (Phi) is 5.91. The van der Waals surface area contributed by atoms with Crippen molar-refractivity contribution in [3.8, 4) is 0 Å². The highest BCUT2D eigenvalue weighted by molar-refractivity contribution is 7.98. The summed E-state index contributed by atoms with van der Waals surface area (Å²) in [5.74, 6) is 0.507. The molecule has 0 radical (unpaired) electrons. The van der Waals surface area contributed by atoms with Crippen LogP contribution in [0.3, 0.4) is 0 Å². The molecule has 0 saturated heterocycles. The van der Waals surface area contributed by atoms with E-state index in [2.05, 4.69) is 9.97 Å². The first-order valence-corrected chi connectivity index (χ1v) is 7.09. The fraction of sp³-hybridized carbons (Fsp3) is 0.583. The number of thioether (sulfide) groups is 1. The number of anilines is 1. The highest BCUT2D eigenvalue weighted by Gasteiger charge is 2.17. The fourth-order valence-electron chi connectivity index (χ4n) is 1.47. The molecule has 1 rings (SSSR count). The highest BCUT2D eigenvalue weighted by Crippen LogP contribution is 2.19. The fourth-order valence-corrected chi connectivity index (χ4v) is 1.85. The zero-order chi connectivity index (χ0) is 13.5. The van der Waals surface area contributed by atoms with Crippen molar-refractivity contribution < 1.29 is 9.53 Å². The predicted octanol–water partition coefficient (Wildman–Crippen LogP) is 1.98. The van der Waals surface area contributed by atoms with Crippen LogP contribution in [0.2, 0.25) is 0 Å². The van der Waals surface area contributed by atoms with Crippen molar-refractivity contribution in [3.05, 3.63) is 12.4 Å².